The number of aromatic nitrogens is 1. The second-order valence-electron chi connectivity index (χ2n) is 9.06. The van der Waals surface area contributed by atoms with E-state index in [1.165, 1.54) is 12.8 Å². The van der Waals surface area contributed by atoms with E-state index in [4.69, 9.17) is 4.42 Å². The number of benzene rings is 2. The van der Waals surface area contributed by atoms with Crippen LogP contribution in [0.4, 0.5) is 0 Å². The Morgan fingerprint density at radius 2 is 1.75 bits per heavy atom. The minimum Gasteiger partial charge on any atom is -0.436 e. The smallest absolute Gasteiger partial charge is 0.253 e. The standard InChI is InChI=1S/C26H29N3O3/c30-24(27-21-8-4-5-9-21)16-18-12-14-29(15-13-18)26(31)20-10-11-22-23(17-20)32-25(28-22)19-6-2-1-3-7-19/h1-3,6-7,10-11,17-18,21H,4-5,8-9,12-16H2,(H,27,30). The second kappa shape index (κ2) is 9.15. The van der Waals surface area contributed by atoms with E-state index < -0.39 is 0 Å². The number of piperidine rings is 1. The molecule has 1 aliphatic carbocycles. The summed E-state index contributed by atoms with van der Waals surface area (Å²) in [6.07, 6.45) is 6.98. The lowest BCUT2D eigenvalue weighted by Crippen LogP contribution is -2.40. The number of carbonyl (C=O) groups is 2. The van der Waals surface area contributed by atoms with Gasteiger partial charge in [0.2, 0.25) is 11.8 Å². The molecule has 1 aliphatic heterocycles. The Hall–Kier alpha value is -3.15. The fourth-order valence-corrected chi connectivity index (χ4v) is 4.90. The maximum atomic E-state index is 13.1. The largest absolute Gasteiger partial charge is 0.436 e. The molecule has 0 spiro atoms. The highest BCUT2D eigenvalue weighted by molar-refractivity contribution is 5.97. The highest BCUT2D eigenvalue weighted by atomic mass is 16.3. The van der Waals surface area contributed by atoms with Gasteiger partial charge in [-0.3, -0.25) is 9.59 Å². The average Bonchev–Trinajstić information content (AvgIpc) is 3.49. The summed E-state index contributed by atoms with van der Waals surface area (Å²) in [5, 5.41) is 3.18. The van der Waals surface area contributed by atoms with E-state index in [1.807, 2.05) is 47.4 Å². The first kappa shape index (κ1) is 20.7. The van der Waals surface area contributed by atoms with Crippen LogP contribution in [0.25, 0.3) is 22.6 Å². The second-order valence-corrected chi connectivity index (χ2v) is 9.06. The van der Waals surface area contributed by atoms with Gasteiger partial charge in [-0.15, -0.1) is 0 Å². The van der Waals surface area contributed by atoms with Crippen molar-refractivity contribution in [1.82, 2.24) is 15.2 Å². The van der Waals surface area contributed by atoms with Gasteiger partial charge in [0.1, 0.15) is 5.52 Å². The van der Waals surface area contributed by atoms with E-state index in [1.54, 1.807) is 6.07 Å². The van der Waals surface area contributed by atoms with Crippen LogP contribution in [-0.2, 0) is 4.79 Å². The van der Waals surface area contributed by atoms with Crippen molar-refractivity contribution in [2.45, 2.75) is 51.0 Å². The lowest BCUT2D eigenvalue weighted by molar-refractivity contribution is -0.123. The third-order valence-corrected chi connectivity index (χ3v) is 6.75. The molecule has 0 radical (unpaired) electrons. The number of fused-ring (bicyclic) bond motifs is 1. The quantitative estimate of drug-likeness (QED) is 0.630. The van der Waals surface area contributed by atoms with Crippen LogP contribution < -0.4 is 5.32 Å². The van der Waals surface area contributed by atoms with Gasteiger partial charge in [-0.05, 0) is 61.9 Å². The summed E-state index contributed by atoms with van der Waals surface area (Å²) in [4.78, 5) is 31.8. The van der Waals surface area contributed by atoms with Crippen molar-refractivity contribution in [3.8, 4) is 11.5 Å². The van der Waals surface area contributed by atoms with Gasteiger partial charge >= 0.3 is 0 Å². The number of hydrogen-bond acceptors (Lipinski definition) is 4. The fourth-order valence-electron chi connectivity index (χ4n) is 4.90. The van der Waals surface area contributed by atoms with Gasteiger partial charge in [-0.2, -0.15) is 0 Å². The van der Waals surface area contributed by atoms with Gasteiger partial charge < -0.3 is 14.6 Å². The monoisotopic (exact) mass is 431 g/mol. The Morgan fingerprint density at radius 1 is 1.00 bits per heavy atom. The number of oxazole rings is 1. The van der Waals surface area contributed by atoms with E-state index in [9.17, 15) is 9.59 Å². The number of carbonyl (C=O) groups excluding carboxylic acids is 2. The maximum absolute atomic E-state index is 13.1. The summed E-state index contributed by atoms with van der Waals surface area (Å²) in [6, 6.07) is 15.6. The molecule has 32 heavy (non-hydrogen) atoms. The highest BCUT2D eigenvalue weighted by Crippen LogP contribution is 2.27. The number of hydrogen-bond donors (Lipinski definition) is 1. The molecular weight excluding hydrogens is 402 g/mol. The first-order chi connectivity index (χ1) is 15.7. The summed E-state index contributed by atoms with van der Waals surface area (Å²) in [6.45, 7) is 1.37. The normalized spacial score (nSPS) is 17.7. The predicted molar refractivity (Wildman–Crippen MR) is 123 cm³/mol. The molecule has 5 rings (SSSR count). The molecule has 2 heterocycles. The zero-order chi connectivity index (χ0) is 21.9. The van der Waals surface area contributed by atoms with Crippen LogP contribution in [0.2, 0.25) is 0 Å². The van der Waals surface area contributed by atoms with Crippen molar-refractivity contribution in [2.75, 3.05) is 13.1 Å². The van der Waals surface area contributed by atoms with Crippen LogP contribution in [0, 0.1) is 5.92 Å². The molecule has 166 valence electrons. The molecular formula is C26H29N3O3. The van der Waals surface area contributed by atoms with Crippen molar-refractivity contribution in [1.29, 1.82) is 0 Å². The summed E-state index contributed by atoms with van der Waals surface area (Å²) < 4.78 is 5.92. The number of likely N-dealkylation sites (tertiary alicyclic amines) is 1. The van der Waals surface area contributed by atoms with Gasteiger partial charge in [0.15, 0.2) is 5.58 Å². The molecule has 1 N–H and O–H groups in total. The first-order valence-corrected chi connectivity index (χ1v) is 11.7. The molecule has 2 aliphatic rings. The molecule has 2 aromatic carbocycles. The molecule has 0 bridgehead atoms. The van der Waals surface area contributed by atoms with Crippen LogP contribution >= 0.6 is 0 Å². The minimum absolute atomic E-state index is 0.0124. The van der Waals surface area contributed by atoms with Crippen LogP contribution in [0.1, 0.15) is 55.3 Å². The van der Waals surface area contributed by atoms with Crippen molar-refractivity contribution >= 4 is 22.9 Å². The lowest BCUT2D eigenvalue weighted by Gasteiger charge is -2.32. The van der Waals surface area contributed by atoms with E-state index >= 15 is 0 Å². The first-order valence-electron chi connectivity index (χ1n) is 11.7. The van der Waals surface area contributed by atoms with Crippen molar-refractivity contribution in [3.63, 3.8) is 0 Å². The van der Waals surface area contributed by atoms with Crippen molar-refractivity contribution in [3.05, 3.63) is 54.1 Å². The van der Waals surface area contributed by atoms with Crippen molar-refractivity contribution in [2.24, 2.45) is 5.92 Å². The van der Waals surface area contributed by atoms with Crippen LogP contribution in [-0.4, -0.2) is 40.8 Å². The maximum Gasteiger partial charge on any atom is 0.253 e. The number of nitrogens with zero attached hydrogens (tertiary/aromatic N) is 2. The lowest BCUT2D eigenvalue weighted by atomic mass is 9.92. The molecule has 2 amide bonds. The van der Waals surface area contributed by atoms with E-state index in [0.29, 0.717) is 48.5 Å². The Bertz CT molecular complexity index is 1090. The zero-order valence-corrected chi connectivity index (χ0v) is 18.3. The number of nitrogens with one attached hydrogen (secondary N) is 1. The summed E-state index contributed by atoms with van der Waals surface area (Å²) >= 11 is 0. The Balaban J connectivity index is 1.19. The summed E-state index contributed by atoms with van der Waals surface area (Å²) in [7, 11) is 0. The molecule has 6 heteroatoms. The van der Waals surface area contributed by atoms with Gasteiger partial charge in [0, 0.05) is 36.7 Å². The Kier molecular flexibility index (Phi) is 5.93. The van der Waals surface area contributed by atoms with E-state index in [2.05, 4.69) is 10.3 Å². The van der Waals surface area contributed by atoms with E-state index in [0.717, 1.165) is 36.8 Å². The number of amides is 2. The van der Waals surface area contributed by atoms with Gasteiger partial charge in [-0.25, -0.2) is 4.98 Å². The van der Waals surface area contributed by atoms with Gasteiger partial charge in [0.25, 0.3) is 5.91 Å². The molecule has 1 saturated heterocycles. The average molecular weight is 432 g/mol. The van der Waals surface area contributed by atoms with Crippen LogP contribution in [0.15, 0.2) is 52.9 Å². The van der Waals surface area contributed by atoms with Gasteiger partial charge in [-0.1, -0.05) is 31.0 Å². The molecule has 1 aromatic heterocycles. The minimum atomic E-state index is 0.0124. The van der Waals surface area contributed by atoms with Gasteiger partial charge in [0.05, 0.1) is 0 Å². The molecule has 0 atom stereocenters. The molecule has 3 aromatic rings. The zero-order valence-electron chi connectivity index (χ0n) is 18.3. The topological polar surface area (TPSA) is 75.4 Å². The molecule has 1 saturated carbocycles. The third-order valence-electron chi connectivity index (χ3n) is 6.75. The summed E-state index contributed by atoms with van der Waals surface area (Å²) in [5.41, 5.74) is 2.89. The Morgan fingerprint density at radius 3 is 2.50 bits per heavy atom. The molecule has 0 unspecified atom stereocenters. The van der Waals surface area contributed by atoms with Crippen molar-refractivity contribution < 1.29 is 14.0 Å². The summed E-state index contributed by atoms with van der Waals surface area (Å²) in [5.74, 6) is 1.10. The third kappa shape index (κ3) is 4.54. The highest BCUT2D eigenvalue weighted by Gasteiger charge is 2.26. The van der Waals surface area contributed by atoms with E-state index in [-0.39, 0.29) is 11.8 Å². The SMILES string of the molecule is O=C(CC1CCN(C(=O)c2ccc3nc(-c4ccccc4)oc3c2)CC1)NC1CCCC1. The van der Waals surface area contributed by atoms with Crippen LogP contribution in [0.5, 0.6) is 0 Å². The Labute approximate surface area is 188 Å². The molecule has 6 nitrogen and oxygen atoms in total. The van der Waals surface area contributed by atoms with Crippen LogP contribution in [0.3, 0.4) is 0 Å². The number of rotatable bonds is 5. The predicted octanol–water partition coefficient (Wildman–Crippen LogP) is 4.80. The molecule has 2 fully saturated rings. The fraction of sp³-hybridized carbons (Fsp3) is 0.423.